The van der Waals surface area contributed by atoms with E-state index in [1.54, 1.807) is 0 Å². The molecule has 1 N–H and O–H groups in total. The van der Waals surface area contributed by atoms with E-state index in [9.17, 15) is 0 Å². The molecule has 0 spiro atoms. The maximum Gasteiger partial charge on any atom is 0.0596 e. The largest absolute Gasteiger partial charge is 0.315 e. The summed E-state index contributed by atoms with van der Waals surface area (Å²) in [6.07, 6.45) is 1.20. The molecule has 1 rings (SSSR count). The lowest BCUT2D eigenvalue weighted by atomic mass is 10.4. The number of hydrogen-bond acceptors (Lipinski definition) is 3. The third kappa shape index (κ3) is 4.77. The summed E-state index contributed by atoms with van der Waals surface area (Å²) in [5.41, 5.74) is 2.35. The SMILES string of the molecule is Cc1cc(C)n(CCNCCCN(C)C)n1. The molecule has 0 saturated carbocycles. The standard InChI is InChI=1S/C12H24N4/c1-11-10-12(2)16(14-11)9-7-13-6-5-8-15(3)4/h10,13H,5-9H2,1-4H3. The first-order valence-corrected chi connectivity index (χ1v) is 5.96. The minimum absolute atomic E-state index is 0.960. The second kappa shape index (κ2) is 6.66. The molecule has 0 fully saturated rings. The van der Waals surface area contributed by atoms with Crippen molar-refractivity contribution < 1.29 is 0 Å². The first kappa shape index (κ1) is 13.2. The van der Waals surface area contributed by atoms with Crippen LogP contribution in [0.15, 0.2) is 6.07 Å². The molecule has 1 aromatic rings. The van der Waals surface area contributed by atoms with Crippen LogP contribution in [0.25, 0.3) is 0 Å². The molecule has 0 saturated heterocycles. The van der Waals surface area contributed by atoms with E-state index in [0.29, 0.717) is 0 Å². The molecule has 1 heterocycles. The molecule has 0 atom stereocenters. The normalized spacial score (nSPS) is 11.3. The predicted molar refractivity (Wildman–Crippen MR) is 67.7 cm³/mol. The third-order valence-corrected chi connectivity index (χ3v) is 2.56. The summed E-state index contributed by atoms with van der Waals surface area (Å²) in [6.45, 7) is 8.32. The van der Waals surface area contributed by atoms with E-state index in [0.717, 1.165) is 31.9 Å². The number of aromatic nitrogens is 2. The quantitative estimate of drug-likeness (QED) is 0.703. The van der Waals surface area contributed by atoms with Gasteiger partial charge in [0, 0.05) is 12.2 Å². The highest BCUT2D eigenvalue weighted by Gasteiger charge is 1.99. The molecule has 4 nitrogen and oxygen atoms in total. The van der Waals surface area contributed by atoms with Crippen LogP contribution in [-0.4, -0.2) is 48.4 Å². The van der Waals surface area contributed by atoms with Gasteiger partial charge in [0.2, 0.25) is 0 Å². The molecular weight excluding hydrogens is 200 g/mol. The van der Waals surface area contributed by atoms with E-state index in [1.807, 2.05) is 6.92 Å². The van der Waals surface area contributed by atoms with Crippen molar-refractivity contribution in [3.8, 4) is 0 Å². The van der Waals surface area contributed by atoms with Gasteiger partial charge in [0.1, 0.15) is 0 Å². The molecule has 0 unspecified atom stereocenters. The van der Waals surface area contributed by atoms with Gasteiger partial charge in [-0.15, -0.1) is 0 Å². The van der Waals surface area contributed by atoms with E-state index < -0.39 is 0 Å². The summed E-state index contributed by atoms with van der Waals surface area (Å²) in [6, 6.07) is 2.12. The second-order valence-electron chi connectivity index (χ2n) is 4.56. The Morgan fingerprint density at radius 2 is 2.06 bits per heavy atom. The molecular formula is C12H24N4. The van der Waals surface area contributed by atoms with Gasteiger partial charge in [0.25, 0.3) is 0 Å². The van der Waals surface area contributed by atoms with Crippen molar-refractivity contribution in [3.63, 3.8) is 0 Å². The molecule has 4 heteroatoms. The summed E-state index contributed by atoms with van der Waals surface area (Å²) in [7, 11) is 4.21. The fourth-order valence-corrected chi connectivity index (χ4v) is 1.73. The minimum Gasteiger partial charge on any atom is -0.315 e. The Morgan fingerprint density at radius 3 is 2.62 bits per heavy atom. The lowest BCUT2D eigenvalue weighted by Gasteiger charge is -2.10. The van der Waals surface area contributed by atoms with Crippen molar-refractivity contribution in [1.82, 2.24) is 20.0 Å². The lowest BCUT2D eigenvalue weighted by Crippen LogP contribution is -2.25. The van der Waals surface area contributed by atoms with Crippen molar-refractivity contribution in [3.05, 3.63) is 17.5 Å². The summed E-state index contributed by atoms with van der Waals surface area (Å²) in [5.74, 6) is 0. The molecule has 0 aliphatic rings. The van der Waals surface area contributed by atoms with Crippen LogP contribution in [0.5, 0.6) is 0 Å². The molecule has 16 heavy (non-hydrogen) atoms. The highest BCUT2D eigenvalue weighted by Crippen LogP contribution is 2.00. The van der Waals surface area contributed by atoms with Gasteiger partial charge >= 0.3 is 0 Å². The smallest absolute Gasteiger partial charge is 0.0596 e. The van der Waals surface area contributed by atoms with Crippen LogP contribution < -0.4 is 5.32 Å². The first-order valence-electron chi connectivity index (χ1n) is 5.96. The van der Waals surface area contributed by atoms with Crippen LogP contribution in [0.2, 0.25) is 0 Å². The monoisotopic (exact) mass is 224 g/mol. The Bertz CT molecular complexity index is 304. The maximum absolute atomic E-state index is 4.42. The predicted octanol–water partition coefficient (Wildman–Crippen LogP) is 1.04. The number of nitrogens with zero attached hydrogens (tertiary/aromatic N) is 3. The van der Waals surface area contributed by atoms with E-state index in [2.05, 4.69) is 47.1 Å². The lowest BCUT2D eigenvalue weighted by molar-refractivity contribution is 0.392. The third-order valence-electron chi connectivity index (χ3n) is 2.56. The van der Waals surface area contributed by atoms with Crippen molar-refractivity contribution in [1.29, 1.82) is 0 Å². The Morgan fingerprint density at radius 1 is 1.31 bits per heavy atom. The van der Waals surface area contributed by atoms with Crippen molar-refractivity contribution in [2.75, 3.05) is 33.7 Å². The van der Waals surface area contributed by atoms with Gasteiger partial charge < -0.3 is 10.2 Å². The molecule has 0 amide bonds. The average Bonchev–Trinajstić information content (AvgIpc) is 2.50. The topological polar surface area (TPSA) is 33.1 Å². The Balaban J connectivity index is 2.09. The Hall–Kier alpha value is -0.870. The van der Waals surface area contributed by atoms with Crippen LogP contribution in [0, 0.1) is 13.8 Å². The van der Waals surface area contributed by atoms with Crippen LogP contribution >= 0.6 is 0 Å². The minimum atomic E-state index is 0.960. The Labute approximate surface area is 98.6 Å². The average molecular weight is 224 g/mol. The second-order valence-corrected chi connectivity index (χ2v) is 4.56. The molecule has 0 radical (unpaired) electrons. The van der Waals surface area contributed by atoms with Crippen molar-refractivity contribution >= 4 is 0 Å². The van der Waals surface area contributed by atoms with E-state index in [1.165, 1.54) is 12.1 Å². The molecule has 1 aromatic heterocycles. The van der Waals surface area contributed by atoms with Crippen molar-refractivity contribution in [2.45, 2.75) is 26.8 Å². The van der Waals surface area contributed by atoms with E-state index >= 15 is 0 Å². The number of aryl methyl sites for hydroxylation is 2. The highest BCUT2D eigenvalue weighted by molar-refractivity contribution is 5.06. The zero-order valence-corrected chi connectivity index (χ0v) is 11.0. The molecule has 0 aliphatic carbocycles. The van der Waals surface area contributed by atoms with E-state index in [-0.39, 0.29) is 0 Å². The van der Waals surface area contributed by atoms with Gasteiger partial charge in [-0.05, 0) is 53.5 Å². The summed E-state index contributed by atoms with van der Waals surface area (Å²) in [5, 5.41) is 7.86. The number of rotatable bonds is 7. The van der Waals surface area contributed by atoms with Gasteiger partial charge in [0.05, 0.1) is 12.2 Å². The van der Waals surface area contributed by atoms with Gasteiger partial charge in [-0.1, -0.05) is 0 Å². The van der Waals surface area contributed by atoms with Crippen LogP contribution in [0.3, 0.4) is 0 Å². The number of nitrogens with one attached hydrogen (secondary N) is 1. The van der Waals surface area contributed by atoms with Crippen LogP contribution in [-0.2, 0) is 6.54 Å². The zero-order chi connectivity index (χ0) is 12.0. The van der Waals surface area contributed by atoms with Crippen LogP contribution in [0.4, 0.5) is 0 Å². The van der Waals surface area contributed by atoms with Gasteiger partial charge in [-0.2, -0.15) is 5.10 Å². The highest BCUT2D eigenvalue weighted by atomic mass is 15.3. The van der Waals surface area contributed by atoms with E-state index in [4.69, 9.17) is 0 Å². The summed E-state index contributed by atoms with van der Waals surface area (Å²) < 4.78 is 2.06. The molecule has 0 aliphatic heterocycles. The van der Waals surface area contributed by atoms with Gasteiger partial charge in [-0.3, -0.25) is 4.68 Å². The molecule has 92 valence electrons. The molecule has 0 bridgehead atoms. The zero-order valence-electron chi connectivity index (χ0n) is 11.0. The number of hydrogen-bond donors (Lipinski definition) is 1. The van der Waals surface area contributed by atoms with Crippen molar-refractivity contribution in [2.24, 2.45) is 0 Å². The molecule has 0 aromatic carbocycles. The Kier molecular flexibility index (Phi) is 5.49. The summed E-state index contributed by atoms with van der Waals surface area (Å²) >= 11 is 0. The van der Waals surface area contributed by atoms with Gasteiger partial charge in [0.15, 0.2) is 0 Å². The first-order chi connectivity index (χ1) is 7.59. The summed E-state index contributed by atoms with van der Waals surface area (Å²) in [4.78, 5) is 2.21. The van der Waals surface area contributed by atoms with Crippen LogP contribution in [0.1, 0.15) is 17.8 Å². The fraction of sp³-hybridized carbons (Fsp3) is 0.750. The van der Waals surface area contributed by atoms with Gasteiger partial charge in [-0.25, -0.2) is 0 Å². The maximum atomic E-state index is 4.42. The fourth-order valence-electron chi connectivity index (χ4n) is 1.73.